The van der Waals surface area contributed by atoms with Gasteiger partial charge < -0.3 is 19.9 Å². The topological polar surface area (TPSA) is 70.8 Å². The maximum atomic E-state index is 12.0. The van der Waals surface area contributed by atoms with Crippen LogP contribution >= 0.6 is 0 Å². The van der Waals surface area contributed by atoms with E-state index in [1.54, 1.807) is 0 Å². The average Bonchev–Trinajstić information content (AvgIpc) is 2.37. The summed E-state index contributed by atoms with van der Waals surface area (Å²) >= 11 is 0. The molecule has 1 aliphatic rings. The Labute approximate surface area is 115 Å². The molecule has 1 fully saturated rings. The minimum atomic E-state index is -0.688. The van der Waals surface area contributed by atoms with E-state index in [2.05, 4.69) is 0 Å². The summed E-state index contributed by atoms with van der Waals surface area (Å²) in [5.41, 5.74) is 4.73. The van der Waals surface area contributed by atoms with Gasteiger partial charge in [-0.05, 0) is 40.2 Å². The van der Waals surface area contributed by atoms with E-state index in [9.17, 15) is 4.79 Å². The summed E-state index contributed by atoms with van der Waals surface area (Å²) in [6.45, 7) is 7.37. The number of hydrogen-bond donors (Lipinski definition) is 1. The van der Waals surface area contributed by atoms with E-state index in [0.717, 1.165) is 32.2 Å². The van der Waals surface area contributed by atoms with Gasteiger partial charge >= 0.3 is 5.97 Å². The van der Waals surface area contributed by atoms with Crippen molar-refractivity contribution in [3.05, 3.63) is 0 Å². The Morgan fingerprint density at radius 2 is 1.68 bits per heavy atom. The Kier molecular flexibility index (Phi) is 6.23. The molecule has 0 aliphatic carbocycles. The van der Waals surface area contributed by atoms with Crippen molar-refractivity contribution >= 4 is 5.97 Å². The second-order valence-corrected chi connectivity index (χ2v) is 5.88. The molecule has 0 aromatic carbocycles. The van der Waals surface area contributed by atoms with Gasteiger partial charge in [-0.3, -0.25) is 4.79 Å². The van der Waals surface area contributed by atoms with Crippen LogP contribution in [0, 0.1) is 5.41 Å². The molecular weight excluding hydrogens is 246 g/mol. The van der Waals surface area contributed by atoms with Crippen LogP contribution in [0.3, 0.4) is 0 Å². The molecule has 0 unspecified atom stereocenters. The van der Waals surface area contributed by atoms with Crippen LogP contribution in [0.1, 0.15) is 46.5 Å². The smallest absolute Gasteiger partial charge is 0.316 e. The van der Waals surface area contributed by atoms with E-state index in [1.807, 2.05) is 20.8 Å². The molecule has 0 amide bonds. The maximum absolute atomic E-state index is 12.0. The van der Waals surface area contributed by atoms with Crippen LogP contribution in [0.15, 0.2) is 0 Å². The molecule has 5 heteroatoms. The second kappa shape index (κ2) is 7.22. The lowest BCUT2D eigenvalue weighted by Crippen LogP contribution is -2.49. The summed E-state index contributed by atoms with van der Waals surface area (Å²) < 4.78 is 16.4. The summed E-state index contributed by atoms with van der Waals surface area (Å²) in [5.74, 6) is -0.844. The first-order valence-corrected chi connectivity index (χ1v) is 7.05. The summed E-state index contributed by atoms with van der Waals surface area (Å²) in [6, 6.07) is 0. The van der Waals surface area contributed by atoms with E-state index in [4.69, 9.17) is 19.9 Å². The summed E-state index contributed by atoms with van der Waals surface area (Å²) in [7, 11) is 0. The third kappa shape index (κ3) is 5.47. The molecule has 0 spiro atoms. The first-order valence-electron chi connectivity index (χ1n) is 7.05. The van der Waals surface area contributed by atoms with Crippen molar-refractivity contribution in [2.75, 3.05) is 26.4 Å². The quantitative estimate of drug-likeness (QED) is 0.566. The zero-order chi connectivity index (χ0) is 14.4. The van der Waals surface area contributed by atoms with Gasteiger partial charge in [0.15, 0.2) is 5.79 Å². The van der Waals surface area contributed by atoms with Crippen molar-refractivity contribution in [1.29, 1.82) is 0 Å². The Bertz CT molecular complexity index is 281. The highest BCUT2D eigenvalue weighted by Crippen LogP contribution is 2.30. The molecule has 5 nitrogen and oxygen atoms in total. The predicted octanol–water partition coefficient (Wildman–Crippen LogP) is 1.84. The molecular formula is C14H27NO4. The van der Waals surface area contributed by atoms with Crippen LogP contribution in [-0.4, -0.2) is 38.1 Å². The van der Waals surface area contributed by atoms with Crippen molar-refractivity contribution in [2.45, 2.75) is 52.2 Å². The van der Waals surface area contributed by atoms with E-state index in [-0.39, 0.29) is 5.97 Å². The lowest BCUT2D eigenvalue weighted by molar-refractivity contribution is -0.281. The zero-order valence-electron chi connectivity index (χ0n) is 12.4. The number of rotatable bonds is 7. The highest BCUT2D eigenvalue weighted by Gasteiger charge is 2.43. The van der Waals surface area contributed by atoms with Gasteiger partial charge in [0.25, 0.3) is 0 Å². The summed E-state index contributed by atoms with van der Waals surface area (Å²) in [5, 5.41) is 0. The number of hydrogen-bond acceptors (Lipinski definition) is 5. The number of esters is 1. The monoisotopic (exact) mass is 273 g/mol. The lowest BCUT2D eigenvalue weighted by Gasteiger charge is -2.39. The van der Waals surface area contributed by atoms with Crippen molar-refractivity contribution < 1.29 is 19.0 Å². The van der Waals surface area contributed by atoms with Gasteiger partial charge in [0.1, 0.15) is 5.41 Å². The van der Waals surface area contributed by atoms with Crippen LogP contribution in [0.5, 0.6) is 0 Å². The summed E-state index contributed by atoms with van der Waals surface area (Å²) in [6.07, 6.45) is 4.05. The zero-order valence-corrected chi connectivity index (χ0v) is 12.4. The number of unbranched alkanes of at least 4 members (excludes halogenated alkanes) is 3. The number of carbonyl (C=O) groups excluding carboxylic acids is 1. The largest absolute Gasteiger partial charge is 0.465 e. The molecule has 1 rings (SSSR count). The van der Waals surface area contributed by atoms with Gasteiger partial charge in [-0.25, -0.2) is 0 Å². The van der Waals surface area contributed by atoms with Crippen LogP contribution in [-0.2, 0) is 19.0 Å². The molecule has 19 heavy (non-hydrogen) atoms. The van der Waals surface area contributed by atoms with Crippen molar-refractivity contribution in [3.8, 4) is 0 Å². The Hall–Kier alpha value is -0.650. The van der Waals surface area contributed by atoms with Gasteiger partial charge in [-0.15, -0.1) is 0 Å². The van der Waals surface area contributed by atoms with Crippen LogP contribution in [0.25, 0.3) is 0 Å². The Morgan fingerprint density at radius 1 is 1.11 bits per heavy atom. The first-order chi connectivity index (χ1) is 8.90. The third-order valence-electron chi connectivity index (χ3n) is 3.30. The normalized spacial score (nSPS) is 21.1. The highest BCUT2D eigenvalue weighted by molar-refractivity contribution is 5.76. The fourth-order valence-corrected chi connectivity index (χ4v) is 1.81. The van der Waals surface area contributed by atoms with Crippen molar-refractivity contribution in [1.82, 2.24) is 0 Å². The van der Waals surface area contributed by atoms with Crippen LogP contribution in [0.4, 0.5) is 0 Å². The molecule has 2 N–H and O–H groups in total. The van der Waals surface area contributed by atoms with Crippen LogP contribution < -0.4 is 5.73 Å². The SMILES string of the molecule is CC1(C)OCC(C)(C(=O)OCCCCCCN)CO1. The highest BCUT2D eigenvalue weighted by atomic mass is 16.7. The van der Waals surface area contributed by atoms with E-state index < -0.39 is 11.2 Å². The fourth-order valence-electron chi connectivity index (χ4n) is 1.81. The molecule has 1 heterocycles. The number of nitrogens with two attached hydrogens (primary N) is 1. The Balaban J connectivity index is 2.22. The van der Waals surface area contributed by atoms with Crippen molar-refractivity contribution in [3.63, 3.8) is 0 Å². The first kappa shape index (κ1) is 16.4. The van der Waals surface area contributed by atoms with Crippen LogP contribution in [0.2, 0.25) is 0 Å². The molecule has 1 aliphatic heterocycles. The molecule has 0 radical (unpaired) electrons. The minimum Gasteiger partial charge on any atom is -0.465 e. The van der Waals surface area contributed by atoms with Gasteiger partial charge in [0.05, 0.1) is 19.8 Å². The van der Waals surface area contributed by atoms with Crippen molar-refractivity contribution in [2.24, 2.45) is 11.1 Å². The van der Waals surface area contributed by atoms with Gasteiger partial charge in [0, 0.05) is 0 Å². The average molecular weight is 273 g/mol. The molecule has 1 saturated heterocycles. The van der Waals surface area contributed by atoms with E-state index in [0.29, 0.717) is 19.8 Å². The van der Waals surface area contributed by atoms with E-state index >= 15 is 0 Å². The van der Waals surface area contributed by atoms with Gasteiger partial charge in [-0.2, -0.15) is 0 Å². The summed E-state index contributed by atoms with van der Waals surface area (Å²) in [4.78, 5) is 12.0. The second-order valence-electron chi connectivity index (χ2n) is 5.88. The molecule has 0 atom stereocenters. The minimum absolute atomic E-state index is 0.234. The number of carbonyl (C=O) groups is 1. The standard InChI is InChI=1S/C14H27NO4/c1-13(2)18-10-14(3,11-19-13)12(16)17-9-7-5-4-6-8-15/h4-11,15H2,1-3H3. The molecule has 0 aromatic rings. The molecule has 0 saturated carbocycles. The lowest BCUT2D eigenvalue weighted by atomic mass is 9.92. The maximum Gasteiger partial charge on any atom is 0.316 e. The third-order valence-corrected chi connectivity index (χ3v) is 3.30. The molecule has 0 bridgehead atoms. The van der Waals surface area contributed by atoms with E-state index in [1.165, 1.54) is 0 Å². The van der Waals surface area contributed by atoms with Gasteiger partial charge in [-0.1, -0.05) is 12.8 Å². The predicted molar refractivity (Wildman–Crippen MR) is 72.6 cm³/mol. The molecule has 0 aromatic heterocycles. The Morgan fingerprint density at radius 3 is 2.26 bits per heavy atom. The molecule has 112 valence electrons. The number of ether oxygens (including phenoxy) is 3. The van der Waals surface area contributed by atoms with Gasteiger partial charge in [0.2, 0.25) is 0 Å². The fraction of sp³-hybridized carbons (Fsp3) is 0.929.